The number of likely N-dealkylation sites (tertiary alicyclic amines) is 1. The molecule has 1 aromatic carbocycles. The molecule has 1 fully saturated rings. The predicted octanol–water partition coefficient (Wildman–Crippen LogP) is 2.20. The van der Waals surface area contributed by atoms with Gasteiger partial charge < -0.3 is 19.5 Å². The number of nitrogens with zero attached hydrogens (tertiary/aromatic N) is 1. The molecule has 1 aliphatic rings. The van der Waals surface area contributed by atoms with Crippen LogP contribution in [0, 0.1) is 0 Å². The van der Waals surface area contributed by atoms with E-state index in [2.05, 4.69) is 15.9 Å². The van der Waals surface area contributed by atoms with E-state index in [4.69, 9.17) is 14.6 Å². The van der Waals surface area contributed by atoms with Gasteiger partial charge in [0.25, 0.3) is 0 Å². The van der Waals surface area contributed by atoms with Crippen LogP contribution in [0.25, 0.3) is 0 Å². The fraction of sp³-hybridized carbons (Fsp3) is 0.364. The second-order valence-corrected chi connectivity index (χ2v) is 4.64. The zero-order valence-corrected chi connectivity index (χ0v) is 10.8. The Morgan fingerprint density at radius 1 is 1.47 bits per heavy atom. The summed E-state index contributed by atoms with van der Waals surface area (Å²) >= 11 is 3.34. The van der Waals surface area contributed by atoms with Crippen molar-refractivity contribution in [2.24, 2.45) is 0 Å². The largest absolute Gasteiger partial charge is 0.493 e. The van der Waals surface area contributed by atoms with Crippen molar-refractivity contribution in [1.82, 2.24) is 4.90 Å². The molecular weight excluding hydrogens is 290 g/mol. The van der Waals surface area contributed by atoms with E-state index >= 15 is 0 Å². The van der Waals surface area contributed by atoms with Crippen LogP contribution >= 0.6 is 15.9 Å². The molecule has 5 nitrogen and oxygen atoms in total. The lowest BCUT2D eigenvalue weighted by molar-refractivity contribution is 0.0239. The number of carbonyl (C=O) groups is 1. The SMILES string of the molecule is COc1cc(Br)ccc1OC1CN(C(=O)O)C1. The summed E-state index contributed by atoms with van der Waals surface area (Å²) in [7, 11) is 1.57. The molecule has 2 rings (SSSR count). The van der Waals surface area contributed by atoms with Crippen LogP contribution in [0.1, 0.15) is 0 Å². The van der Waals surface area contributed by atoms with E-state index in [0.717, 1.165) is 4.47 Å². The van der Waals surface area contributed by atoms with Gasteiger partial charge in [0.15, 0.2) is 11.5 Å². The van der Waals surface area contributed by atoms with Crippen LogP contribution < -0.4 is 9.47 Å². The Labute approximate surface area is 107 Å². The third kappa shape index (κ3) is 2.63. The fourth-order valence-electron chi connectivity index (χ4n) is 1.59. The first-order valence-electron chi connectivity index (χ1n) is 5.08. The average molecular weight is 302 g/mol. The van der Waals surface area contributed by atoms with Gasteiger partial charge in [0.2, 0.25) is 0 Å². The molecule has 92 valence electrons. The van der Waals surface area contributed by atoms with Gasteiger partial charge in [0.05, 0.1) is 20.2 Å². The number of methoxy groups -OCH3 is 1. The van der Waals surface area contributed by atoms with Gasteiger partial charge in [-0.3, -0.25) is 0 Å². The summed E-state index contributed by atoms with van der Waals surface area (Å²) in [5.74, 6) is 1.26. The van der Waals surface area contributed by atoms with E-state index in [-0.39, 0.29) is 6.10 Å². The van der Waals surface area contributed by atoms with Gasteiger partial charge >= 0.3 is 6.09 Å². The molecule has 0 aliphatic carbocycles. The first-order valence-corrected chi connectivity index (χ1v) is 5.87. The van der Waals surface area contributed by atoms with Gasteiger partial charge in [0.1, 0.15) is 6.10 Å². The maximum Gasteiger partial charge on any atom is 0.407 e. The van der Waals surface area contributed by atoms with Crippen LogP contribution in [-0.4, -0.2) is 42.4 Å². The molecule has 0 bridgehead atoms. The van der Waals surface area contributed by atoms with Gasteiger partial charge in [0, 0.05) is 4.47 Å². The van der Waals surface area contributed by atoms with E-state index in [1.807, 2.05) is 12.1 Å². The summed E-state index contributed by atoms with van der Waals surface area (Å²) in [4.78, 5) is 11.9. The lowest BCUT2D eigenvalue weighted by Crippen LogP contribution is -2.55. The van der Waals surface area contributed by atoms with E-state index in [1.165, 1.54) is 4.90 Å². The maximum absolute atomic E-state index is 10.6. The lowest BCUT2D eigenvalue weighted by atomic mass is 10.2. The van der Waals surface area contributed by atoms with Crippen molar-refractivity contribution in [3.05, 3.63) is 22.7 Å². The zero-order chi connectivity index (χ0) is 12.4. The quantitative estimate of drug-likeness (QED) is 0.930. The Morgan fingerprint density at radius 3 is 2.76 bits per heavy atom. The Morgan fingerprint density at radius 2 is 2.18 bits per heavy atom. The van der Waals surface area contributed by atoms with Gasteiger partial charge in [-0.25, -0.2) is 4.79 Å². The molecule has 6 heteroatoms. The Kier molecular flexibility index (Phi) is 3.42. The highest BCUT2D eigenvalue weighted by Crippen LogP contribution is 2.32. The molecule has 0 atom stereocenters. The van der Waals surface area contributed by atoms with Crippen molar-refractivity contribution in [1.29, 1.82) is 0 Å². The van der Waals surface area contributed by atoms with Crippen LogP contribution in [0.2, 0.25) is 0 Å². The maximum atomic E-state index is 10.6. The standard InChI is InChI=1S/C11H12BrNO4/c1-16-10-4-7(12)2-3-9(10)17-8-5-13(6-8)11(14)15/h2-4,8H,5-6H2,1H3,(H,14,15). The number of hydrogen-bond acceptors (Lipinski definition) is 3. The molecule has 0 unspecified atom stereocenters. The summed E-state index contributed by atoms with van der Waals surface area (Å²) in [6, 6.07) is 5.46. The first kappa shape index (κ1) is 12.0. The molecule has 1 N–H and O–H groups in total. The van der Waals surface area contributed by atoms with Crippen molar-refractivity contribution in [2.75, 3.05) is 20.2 Å². The van der Waals surface area contributed by atoms with Gasteiger partial charge in [-0.15, -0.1) is 0 Å². The molecule has 1 saturated heterocycles. The highest BCUT2D eigenvalue weighted by atomic mass is 79.9. The second kappa shape index (κ2) is 4.83. The third-order valence-electron chi connectivity index (χ3n) is 2.54. The first-order chi connectivity index (χ1) is 8.10. The predicted molar refractivity (Wildman–Crippen MR) is 64.7 cm³/mol. The Hall–Kier alpha value is -1.43. The fourth-order valence-corrected chi connectivity index (χ4v) is 1.93. The molecule has 1 aliphatic heterocycles. The summed E-state index contributed by atoms with van der Waals surface area (Å²) in [5.41, 5.74) is 0. The van der Waals surface area contributed by atoms with Crippen LogP contribution in [0.15, 0.2) is 22.7 Å². The van der Waals surface area contributed by atoms with E-state index in [0.29, 0.717) is 24.6 Å². The van der Waals surface area contributed by atoms with E-state index in [9.17, 15) is 4.79 Å². The van der Waals surface area contributed by atoms with Crippen molar-refractivity contribution in [3.63, 3.8) is 0 Å². The highest BCUT2D eigenvalue weighted by Gasteiger charge is 2.32. The number of ether oxygens (including phenoxy) is 2. The second-order valence-electron chi connectivity index (χ2n) is 3.72. The zero-order valence-electron chi connectivity index (χ0n) is 9.22. The number of amides is 1. The average Bonchev–Trinajstić information content (AvgIpc) is 2.23. The topological polar surface area (TPSA) is 59.0 Å². The van der Waals surface area contributed by atoms with Crippen molar-refractivity contribution < 1.29 is 19.4 Å². The molecule has 0 radical (unpaired) electrons. The molecule has 0 spiro atoms. The van der Waals surface area contributed by atoms with Gasteiger partial charge in [-0.05, 0) is 18.2 Å². The lowest BCUT2D eigenvalue weighted by Gasteiger charge is -2.36. The van der Waals surface area contributed by atoms with Gasteiger partial charge in [-0.2, -0.15) is 0 Å². The minimum absolute atomic E-state index is 0.0961. The molecule has 1 aromatic rings. The summed E-state index contributed by atoms with van der Waals surface area (Å²) in [5, 5.41) is 8.69. The number of halogens is 1. The summed E-state index contributed by atoms with van der Waals surface area (Å²) < 4.78 is 11.7. The molecular formula is C11H12BrNO4. The number of hydrogen-bond donors (Lipinski definition) is 1. The monoisotopic (exact) mass is 301 g/mol. The normalized spacial score (nSPS) is 15.3. The minimum atomic E-state index is -0.910. The molecule has 1 amide bonds. The molecule has 1 heterocycles. The van der Waals surface area contributed by atoms with Crippen molar-refractivity contribution >= 4 is 22.0 Å². The smallest absolute Gasteiger partial charge is 0.407 e. The van der Waals surface area contributed by atoms with Crippen LogP contribution in [-0.2, 0) is 0 Å². The minimum Gasteiger partial charge on any atom is -0.493 e. The van der Waals surface area contributed by atoms with Crippen LogP contribution in [0.4, 0.5) is 4.79 Å². The van der Waals surface area contributed by atoms with Gasteiger partial charge in [-0.1, -0.05) is 15.9 Å². The highest BCUT2D eigenvalue weighted by molar-refractivity contribution is 9.10. The number of rotatable bonds is 3. The van der Waals surface area contributed by atoms with Crippen LogP contribution in [0.3, 0.4) is 0 Å². The molecule has 0 saturated carbocycles. The van der Waals surface area contributed by atoms with Crippen molar-refractivity contribution in [2.45, 2.75) is 6.10 Å². The van der Waals surface area contributed by atoms with E-state index < -0.39 is 6.09 Å². The van der Waals surface area contributed by atoms with Crippen molar-refractivity contribution in [3.8, 4) is 11.5 Å². The summed E-state index contributed by atoms with van der Waals surface area (Å²) in [6.45, 7) is 0.795. The summed E-state index contributed by atoms with van der Waals surface area (Å²) in [6.07, 6.45) is -1.01. The van der Waals surface area contributed by atoms with E-state index in [1.54, 1.807) is 13.2 Å². The number of benzene rings is 1. The Balaban J connectivity index is 1.98. The Bertz CT molecular complexity index is 431. The van der Waals surface area contributed by atoms with Crippen LogP contribution in [0.5, 0.6) is 11.5 Å². The third-order valence-corrected chi connectivity index (χ3v) is 3.03. The molecule has 0 aromatic heterocycles. The number of carboxylic acid groups (broad SMARTS) is 1. The molecule has 17 heavy (non-hydrogen) atoms.